The molecule has 0 radical (unpaired) electrons. The number of rotatable bonds is 5. The Bertz CT molecular complexity index is 320. The Hall–Kier alpha value is -0.710. The average molecular weight is 288 g/mol. The number of nitrogens with two attached hydrogens (primary N) is 1. The van der Waals surface area contributed by atoms with Crippen LogP contribution >= 0.6 is 0 Å². The van der Waals surface area contributed by atoms with Gasteiger partial charge in [0, 0.05) is 31.3 Å². The van der Waals surface area contributed by atoms with Crippen molar-refractivity contribution in [1.29, 1.82) is 0 Å². The summed E-state index contributed by atoms with van der Waals surface area (Å²) in [5.74, 6) is -2.67. The zero-order valence-electron chi connectivity index (χ0n) is 12.1. The molecule has 2 aliphatic rings. The van der Waals surface area contributed by atoms with Crippen LogP contribution in [0.4, 0.5) is 8.78 Å². The predicted molar refractivity (Wildman–Crippen MR) is 74.5 cm³/mol. The number of alkyl halides is 2. The van der Waals surface area contributed by atoms with Crippen molar-refractivity contribution < 1.29 is 13.6 Å². The van der Waals surface area contributed by atoms with Gasteiger partial charge in [-0.05, 0) is 38.6 Å². The smallest absolute Gasteiger partial charge is 0.248 e. The molecular weight excluding hydrogens is 262 g/mol. The molecule has 2 aliphatic carbocycles. The van der Waals surface area contributed by atoms with Gasteiger partial charge in [-0.3, -0.25) is 4.79 Å². The third-order valence-electron chi connectivity index (χ3n) is 4.72. The molecule has 0 atom stereocenters. The van der Waals surface area contributed by atoms with Gasteiger partial charge >= 0.3 is 0 Å². The van der Waals surface area contributed by atoms with Gasteiger partial charge in [-0.2, -0.15) is 0 Å². The summed E-state index contributed by atoms with van der Waals surface area (Å²) in [5.41, 5.74) is 5.55. The Balaban J connectivity index is 1.95. The Morgan fingerprint density at radius 2 is 1.75 bits per heavy atom. The maximum Gasteiger partial charge on any atom is 0.248 e. The van der Waals surface area contributed by atoms with Crippen molar-refractivity contribution in [3.8, 4) is 0 Å². The molecule has 0 aromatic rings. The van der Waals surface area contributed by atoms with Crippen molar-refractivity contribution >= 4 is 5.91 Å². The van der Waals surface area contributed by atoms with Crippen molar-refractivity contribution in [3.05, 3.63) is 0 Å². The Morgan fingerprint density at radius 3 is 2.30 bits per heavy atom. The van der Waals surface area contributed by atoms with E-state index in [0.29, 0.717) is 32.0 Å². The van der Waals surface area contributed by atoms with Gasteiger partial charge in [-0.1, -0.05) is 12.8 Å². The van der Waals surface area contributed by atoms with E-state index in [1.54, 1.807) is 0 Å². The quantitative estimate of drug-likeness (QED) is 0.845. The third kappa shape index (κ3) is 3.90. The normalized spacial score (nSPS) is 23.9. The summed E-state index contributed by atoms with van der Waals surface area (Å²) in [5, 5.41) is 0. The first-order valence-corrected chi connectivity index (χ1v) is 7.92. The molecule has 20 heavy (non-hydrogen) atoms. The molecular formula is C15H26F2N2O. The first-order chi connectivity index (χ1) is 9.53. The fourth-order valence-corrected chi connectivity index (χ4v) is 3.47. The monoisotopic (exact) mass is 288 g/mol. The molecule has 0 aromatic heterocycles. The number of carbonyl (C=O) groups is 1. The molecule has 0 spiro atoms. The molecule has 116 valence electrons. The number of carbonyl (C=O) groups excluding carboxylic acids is 1. The zero-order chi connectivity index (χ0) is 14.6. The molecule has 2 rings (SSSR count). The highest BCUT2D eigenvalue weighted by Gasteiger charge is 2.39. The van der Waals surface area contributed by atoms with Crippen LogP contribution in [-0.2, 0) is 4.79 Å². The van der Waals surface area contributed by atoms with Crippen LogP contribution in [0.1, 0.15) is 57.8 Å². The largest absolute Gasteiger partial charge is 0.339 e. The van der Waals surface area contributed by atoms with E-state index < -0.39 is 5.92 Å². The number of nitrogens with zero attached hydrogens (tertiary/aromatic N) is 1. The van der Waals surface area contributed by atoms with Crippen molar-refractivity contribution in [2.24, 2.45) is 11.7 Å². The number of halogens is 2. The van der Waals surface area contributed by atoms with Gasteiger partial charge < -0.3 is 10.6 Å². The van der Waals surface area contributed by atoms with E-state index in [1.165, 1.54) is 12.8 Å². The first kappa shape index (κ1) is 15.7. The standard InChI is InChI=1S/C15H26F2N2O/c16-15(17)8-6-12(7-9-15)14(20)19(11-3-10-18)13-4-1-2-5-13/h12-13H,1-11,18H2. The number of hydrogen-bond donors (Lipinski definition) is 1. The van der Waals surface area contributed by atoms with Crippen molar-refractivity contribution in [1.82, 2.24) is 4.90 Å². The lowest BCUT2D eigenvalue weighted by Crippen LogP contribution is -2.45. The fraction of sp³-hybridized carbons (Fsp3) is 0.933. The van der Waals surface area contributed by atoms with Gasteiger partial charge in [0.1, 0.15) is 0 Å². The minimum atomic E-state index is -2.56. The number of amides is 1. The van der Waals surface area contributed by atoms with Crippen LogP contribution in [0.2, 0.25) is 0 Å². The van der Waals surface area contributed by atoms with E-state index in [0.717, 1.165) is 19.3 Å². The average Bonchev–Trinajstić information content (AvgIpc) is 2.93. The lowest BCUT2D eigenvalue weighted by Gasteiger charge is -2.35. The Labute approximate surface area is 119 Å². The summed E-state index contributed by atoms with van der Waals surface area (Å²) < 4.78 is 26.4. The van der Waals surface area contributed by atoms with E-state index in [1.807, 2.05) is 4.90 Å². The fourth-order valence-electron chi connectivity index (χ4n) is 3.47. The van der Waals surface area contributed by atoms with Crippen molar-refractivity contribution in [2.75, 3.05) is 13.1 Å². The predicted octanol–water partition coefficient (Wildman–Crippen LogP) is 2.93. The van der Waals surface area contributed by atoms with Crippen molar-refractivity contribution in [3.63, 3.8) is 0 Å². The molecule has 2 saturated carbocycles. The summed E-state index contributed by atoms with van der Waals surface area (Å²) in [6.07, 6.45) is 5.62. The van der Waals surface area contributed by atoms with Gasteiger partial charge in [0.25, 0.3) is 0 Å². The maximum absolute atomic E-state index is 13.2. The van der Waals surface area contributed by atoms with E-state index in [9.17, 15) is 13.6 Å². The van der Waals surface area contributed by atoms with Gasteiger partial charge in [0.15, 0.2) is 0 Å². The molecule has 5 heteroatoms. The molecule has 0 bridgehead atoms. The third-order valence-corrected chi connectivity index (χ3v) is 4.72. The second kappa shape index (κ2) is 6.83. The van der Waals surface area contributed by atoms with Gasteiger partial charge in [-0.25, -0.2) is 8.78 Å². The van der Waals surface area contributed by atoms with Gasteiger partial charge in [-0.15, -0.1) is 0 Å². The summed E-state index contributed by atoms with van der Waals surface area (Å²) >= 11 is 0. The van der Waals surface area contributed by atoms with Crippen LogP contribution < -0.4 is 5.73 Å². The highest BCUT2D eigenvalue weighted by molar-refractivity contribution is 5.79. The van der Waals surface area contributed by atoms with E-state index in [-0.39, 0.29) is 24.7 Å². The minimum Gasteiger partial charge on any atom is -0.339 e. The molecule has 0 saturated heterocycles. The van der Waals surface area contributed by atoms with Crippen LogP contribution in [0.15, 0.2) is 0 Å². The minimum absolute atomic E-state index is 0.0980. The molecule has 2 N–H and O–H groups in total. The van der Waals surface area contributed by atoms with Crippen LogP contribution in [-0.4, -0.2) is 35.9 Å². The summed E-state index contributed by atoms with van der Waals surface area (Å²) in [7, 11) is 0. The second-order valence-electron chi connectivity index (χ2n) is 6.24. The highest BCUT2D eigenvalue weighted by atomic mass is 19.3. The van der Waals surface area contributed by atoms with E-state index >= 15 is 0 Å². The number of hydrogen-bond acceptors (Lipinski definition) is 2. The molecule has 0 aromatic carbocycles. The zero-order valence-corrected chi connectivity index (χ0v) is 12.1. The summed E-state index contributed by atoms with van der Waals surface area (Å²) in [6.45, 7) is 1.26. The second-order valence-corrected chi connectivity index (χ2v) is 6.24. The van der Waals surface area contributed by atoms with Crippen LogP contribution in [0.3, 0.4) is 0 Å². The van der Waals surface area contributed by atoms with E-state index in [2.05, 4.69) is 0 Å². The molecule has 1 amide bonds. The maximum atomic E-state index is 13.2. The highest BCUT2D eigenvalue weighted by Crippen LogP contribution is 2.37. The molecule has 0 heterocycles. The van der Waals surface area contributed by atoms with Gasteiger partial charge in [0.2, 0.25) is 11.8 Å². The lowest BCUT2D eigenvalue weighted by atomic mass is 9.85. The molecule has 2 fully saturated rings. The summed E-state index contributed by atoms with van der Waals surface area (Å²) in [6, 6.07) is 0.316. The SMILES string of the molecule is NCCCN(C(=O)C1CCC(F)(F)CC1)C1CCCC1. The topological polar surface area (TPSA) is 46.3 Å². The molecule has 0 aliphatic heterocycles. The first-order valence-electron chi connectivity index (χ1n) is 7.92. The molecule has 3 nitrogen and oxygen atoms in total. The van der Waals surface area contributed by atoms with E-state index in [4.69, 9.17) is 5.73 Å². The Kier molecular flexibility index (Phi) is 5.35. The van der Waals surface area contributed by atoms with Crippen LogP contribution in [0, 0.1) is 5.92 Å². The Morgan fingerprint density at radius 1 is 1.15 bits per heavy atom. The van der Waals surface area contributed by atoms with Crippen molar-refractivity contribution in [2.45, 2.75) is 69.8 Å². The summed E-state index contributed by atoms with van der Waals surface area (Å²) in [4.78, 5) is 14.6. The lowest BCUT2D eigenvalue weighted by molar-refractivity contribution is -0.142. The van der Waals surface area contributed by atoms with Gasteiger partial charge in [0.05, 0.1) is 0 Å². The van der Waals surface area contributed by atoms with Crippen LogP contribution in [0.5, 0.6) is 0 Å². The van der Waals surface area contributed by atoms with Crippen LogP contribution in [0.25, 0.3) is 0 Å². The molecule has 0 unspecified atom stereocenters.